The van der Waals surface area contributed by atoms with Gasteiger partial charge < -0.3 is 15.0 Å². The first-order valence-corrected chi connectivity index (χ1v) is 10.9. The van der Waals surface area contributed by atoms with Crippen LogP contribution in [0.25, 0.3) is 0 Å². The second-order valence-corrected chi connectivity index (χ2v) is 9.03. The van der Waals surface area contributed by atoms with Crippen molar-refractivity contribution in [1.29, 1.82) is 0 Å². The molecule has 1 N–H and O–H groups in total. The zero-order valence-corrected chi connectivity index (χ0v) is 17.8. The zero-order chi connectivity index (χ0) is 20.9. The maximum Gasteiger partial charge on any atom is 0.244 e. The molecule has 8 nitrogen and oxygen atoms in total. The van der Waals surface area contributed by atoms with Crippen molar-refractivity contribution in [2.45, 2.75) is 25.2 Å². The maximum absolute atomic E-state index is 12.8. The summed E-state index contributed by atoms with van der Waals surface area (Å²) in [5, 5.41) is 2.71. The summed E-state index contributed by atoms with van der Waals surface area (Å²) >= 11 is 6.11. The van der Waals surface area contributed by atoms with E-state index >= 15 is 0 Å². The fourth-order valence-corrected chi connectivity index (χ4v) is 4.66. The third-order valence-corrected chi connectivity index (χ3v) is 6.97. The summed E-state index contributed by atoms with van der Waals surface area (Å²) in [4.78, 5) is 25.7. The average molecular weight is 432 g/mol. The second-order valence-electron chi connectivity index (χ2n) is 6.71. The molecule has 0 radical (unpaired) electrons. The van der Waals surface area contributed by atoms with Crippen molar-refractivity contribution in [3.05, 3.63) is 23.2 Å². The van der Waals surface area contributed by atoms with Crippen molar-refractivity contribution < 1.29 is 22.7 Å². The van der Waals surface area contributed by atoms with Crippen molar-refractivity contribution in [2.75, 3.05) is 45.2 Å². The molecule has 2 amide bonds. The van der Waals surface area contributed by atoms with Gasteiger partial charge in [-0.3, -0.25) is 9.59 Å². The van der Waals surface area contributed by atoms with Crippen LogP contribution in [-0.4, -0.2) is 69.3 Å². The Bertz CT molecular complexity index is 825. The van der Waals surface area contributed by atoms with Crippen LogP contribution in [0.3, 0.4) is 0 Å². The van der Waals surface area contributed by atoms with Crippen LogP contribution < -0.4 is 5.32 Å². The van der Waals surface area contributed by atoms with Crippen molar-refractivity contribution in [3.63, 3.8) is 0 Å². The van der Waals surface area contributed by atoms with Crippen molar-refractivity contribution in [1.82, 2.24) is 9.21 Å². The molecule has 1 fully saturated rings. The Morgan fingerprint density at radius 1 is 1.32 bits per heavy atom. The Kier molecular flexibility index (Phi) is 7.82. The number of hydrogen-bond acceptors (Lipinski definition) is 5. The van der Waals surface area contributed by atoms with E-state index in [4.69, 9.17) is 16.3 Å². The number of carbonyl (C=O) groups is 2. The molecular formula is C18H26ClN3O5S. The third-order valence-electron chi connectivity index (χ3n) is 4.59. The van der Waals surface area contributed by atoms with Crippen LogP contribution in [0, 0.1) is 5.92 Å². The number of rotatable bonds is 7. The number of anilines is 1. The summed E-state index contributed by atoms with van der Waals surface area (Å²) in [5.74, 6) is -0.709. The molecule has 2 rings (SSSR count). The minimum absolute atomic E-state index is 0.0714. The molecule has 1 aromatic carbocycles. The molecule has 0 spiro atoms. The van der Waals surface area contributed by atoms with Crippen LogP contribution in [0.2, 0.25) is 5.02 Å². The fourth-order valence-electron chi connectivity index (χ4n) is 2.75. The quantitative estimate of drug-likeness (QED) is 0.710. The highest BCUT2D eigenvalue weighted by Crippen LogP contribution is 2.28. The lowest BCUT2D eigenvalue weighted by Crippen LogP contribution is -2.40. The molecule has 1 aliphatic heterocycles. The van der Waals surface area contributed by atoms with Gasteiger partial charge >= 0.3 is 0 Å². The van der Waals surface area contributed by atoms with Gasteiger partial charge in [-0.2, -0.15) is 4.31 Å². The summed E-state index contributed by atoms with van der Waals surface area (Å²) < 4.78 is 32.2. The number of morpholine rings is 1. The van der Waals surface area contributed by atoms with Crippen LogP contribution in [0.4, 0.5) is 5.69 Å². The minimum atomic E-state index is -3.80. The lowest BCUT2D eigenvalue weighted by molar-refractivity contribution is -0.136. The van der Waals surface area contributed by atoms with Gasteiger partial charge in [0.25, 0.3) is 0 Å². The molecule has 1 aromatic rings. The van der Waals surface area contributed by atoms with E-state index in [9.17, 15) is 18.0 Å². The number of halogens is 1. The smallest absolute Gasteiger partial charge is 0.244 e. The molecule has 0 aliphatic carbocycles. The van der Waals surface area contributed by atoms with Crippen molar-refractivity contribution in [3.8, 4) is 0 Å². The van der Waals surface area contributed by atoms with Gasteiger partial charge in [0.05, 0.1) is 24.8 Å². The summed E-state index contributed by atoms with van der Waals surface area (Å²) in [5.41, 5.74) is 0.297. The first kappa shape index (κ1) is 22.6. The first-order valence-electron chi connectivity index (χ1n) is 9.09. The van der Waals surface area contributed by atoms with Crippen LogP contribution >= 0.6 is 11.6 Å². The van der Waals surface area contributed by atoms with E-state index in [1.165, 1.54) is 27.4 Å². The SMILES string of the molecule is CC[C@@H](C)C(=O)N(C)CC(=O)Nc1ccc(Cl)c(S(=O)(=O)N2CCOCC2)c1. The summed E-state index contributed by atoms with van der Waals surface area (Å²) in [7, 11) is -2.24. The number of nitrogens with one attached hydrogen (secondary N) is 1. The monoisotopic (exact) mass is 431 g/mol. The highest BCUT2D eigenvalue weighted by molar-refractivity contribution is 7.89. The minimum Gasteiger partial charge on any atom is -0.379 e. The topological polar surface area (TPSA) is 96.0 Å². The van der Waals surface area contributed by atoms with Gasteiger partial charge in [-0.15, -0.1) is 0 Å². The number of sulfonamides is 1. The number of likely N-dealkylation sites (N-methyl/N-ethyl adjacent to an activating group) is 1. The third kappa shape index (κ3) is 5.44. The van der Waals surface area contributed by atoms with Gasteiger partial charge in [0, 0.05) is 31.7 Å². The largest absolute Gasteiger partial charge is 0.379 e. The highest BCUT2D eigenvalue weighted by atomic mass is 35.5. The number of amides is 2. The van der Waals surface area contributed by atoms with Crippen LogP contribution in [0.15, 0.2) is 23.1 Å². The molecule has 10 heteroatoms. The van der Waals surface area contributed by atoms with E-state index < -0.39 is 15.9 Å². The van der Waals surface area contributed by atoms with E-state index in [2.05, 4.69) is 5.32 Å². The molecule has 1 atom stereocenters. The average Bonchev–Trinajstić information content (AvgIpc) is 2.68. The first-order chi connectivity index (χ1) is 13.2. The van der Waals surface area contributed by atoms with Crippen molar-refractivity contribution in [2.24, 2.45) is 5.92 Å². The van der Waals surface area contributed by atoms with Gasteiger partial charge in [-0.05, 0) is 24.6 Å². The van der Waals surface area contributed by atoms with Gasteiger partial charge in [-0.1, -0.05) is 25.4 Å². The molecule has 0 saturated carbocycles. The normalized spacial score (nSPS) is 16.4. The number of benzene rings is 1. The van der Waals surface area contributed by atoms with Gasteiger partial charge in [-0.25, -0.2) is 8.42 Å². The fraction of sp³-hybridized carbons (Fsp3) is 0.556. The maximum atomic E-state index is 12.8. The number of nitrogens with zero attached hydrogens (tertiary/aromatic N) is 2. The Morgan fingerprint density at radius 3 is 2.57 bits per heavy atom. The molecule has 0 unspecified atom stereocenters. The number of hydrogen-bond donors (Lipinski definition) is 1. The predicted molar refractivity (Wildman–Crippen MR) is 107 cm³/mol. The van der Waals surface area contributed by atoms with E-state index in [1.54, 1.807) is 14.0 Å². The predicted octanol–water partition coefficient (Wildman–Crippen LogP) is 1.80. The molecular weight excluding hydrogens is 406 g/mol. The molecule has 28 heavy (non-hydrogen) atoms. The Balaban J connectivity index is 2.12. The van der Waals surface area contributed by atoms with Crippen LogP contribution in [-0.2, 0) is 24.3 Å². The number of ether oxygens (including phenoxy) is 1. The zero-order valence-electron chi connectivity index (χ0n) is 16.3. The summed E-state index contributed by atoms with van der Waals surface area (Å²) in [6.45, 7) is 4.72. The van der Waals surface area contributed by atoms with Crippen molar-refractivity contribution >= 4 is 39.1 Å². The Morgan fingerprint density at radius 2 is 1.96 bits per heavy atom. The van der Waals surface area contributed by atoms with E-state index in [-0.39, 0.29) is 41.4 Å². The summed E-state index contributed by atoms with van der Waals surface area (Å²) in [6.07, 6.45) is 0.685. The lowest BCUT2D eigenvalue weighted by Gasteiger charge is -2.26. The van der Waals surface area contributed by atoms with Crippen LogP contribution in [0.1, 0.15) is 20.3 Å². The summed E-state index contributed by atoms with van der Waals surface area (Å²) in [6, 6.07) is 4.29. The molecule has 1 aliphatic rings. The molecule has 1 saturated heterocycles. The molecule has 0 aromatic heterocycles. The highest BCUT2D eigenvalue weighted by Gasteiger charge is 2.28. The molecule has 1 heterocycles. The second kappa shape index (κ2) is 9.69. The Hall–Kier alpha value is -1.68. The standard InChI is InChI=1S/C18H26ClN3O5S/c1-4-13(2)18(24)21(3)12-17(23)20-14-5-6-15(19)16(11-14)28(25,26)22-7-9-27-10-8-22/h5-6,11,13H,4,7-10,12H2,1-3H3,(H,20,23)/t13-/m1/s1. The van der Waals surface area contributed by atoms with E-state index in [0.717, 1.165) is 0 Å². The van der Waals surface area contributed by atoms with Gasteiger partial charge in [0.2, 0.25) is 21.8 Å². The van der Waals surface area contributed by atoms with E-state index in [0.29, 0.717) is 25.3 Å². The van der Waals surface area contributed by atoms with Crippen LogP contribution in [0.5, 0.6) is 0 Å². The Labute approximate surface area is 170 Å². The van der Waals surface area contributed by atoms with Gasteiger partial charge in [0.15, 0.2) is 0 Å². The van der Waals surface area contributed by atoms with E-state index in [1.807, 2.05) is 6.92 Å². The number of carbonyl (C=O) groups excluding carboxylic acids is 2. The lowest BCUT2D eigenvalue weighted by atomic mass is 10.1. The molecule has 156 valence electrons. The molecule has 0 bridgehead atoms. The van der Waals surface area contributed by atoms with Gasteiger partial charge in [0.1, 0.15) is 4.90 Å².